The Morgan fingerprint density at radius 2 is 1.49 bits per heavy atom. The largest absolute Gasteiger partial charge is 0.493 e. The van der Waals surface area contributed by atoms with E-state index < -0.39 is 37.7 Å². The number of hydrogen-bond donors (Lipinski definition) is 4. The molecule has 0 saturated carbocycles. The summed E-state index contributed by atoms with van der Waals surface area (Å²) in [7, 11) is -8.13. The Morgan fingerprint density at radius 3 is 1.90 bits per heavy atom. The maximum absolute atomic E-state index is 11.1. The molecule has 0 radical (unpaired) electrons. The number of azide groups is 1. The minimum atomic E-state index is -4.10. The van der Waals surface area contributed by atoms with Crippen molar-refractivity contribution in [3.8, 4) is 36.2 Å². The second-order valence-electron chi connectivity index (χ2n) is 9.71. The SMILES string of the molecule is C#CCCCC.C#Cc1ccc(CCl)cc1.O=C(O)c1cc(OCCCCS(=O)(=O)O)cc(OCCCS(=O)(=O)O)c1.[N-]=[N+]=NCCCN. The molecule has 0 aliphatic rings. The number of carboxylic acids is 1. The Bertz CT molecular complexity index is 1570. The third kappa shape index (κ3) is 31.1. The highest BCUT2D eigenvalue weighted by Crippen LogP contribution is 2.24. The van der Waals surface area contributed by atoms with Crippen molar-refractivity contribution in [1.82, 2.24) is 0 Å². The van der Waals surface area contributed by atoms with E-state index in [0.717, 1.165) is 24.0 Å². The first-order chi connectivity index (χ1) is 23.2. The van der Waals surface area contributed by atoms with Crippen molar-refractivity contribution in [1.29, 1.82) is 0 Å². The van der Waals surface area contributed by atoms with Gasteiger partial charge in [-0.1, -0.05) is 36.5 Å². The van der Waals surface area contributed by atoms with Gasteiger partial charge in [0.15, 0.2) is 0 Å². The van der Waals surface area contributed by atoms with E-state index >= 15 is 0 Å². The van der Waals surface area contributed by atoms with E-state index in [0.29, 0.717) is 25.4 Å². The van der Waals surface area contributed by atoms with E-state index in [1.54, 1.807) is 0 Å². The number of carboxylic acid groups (broad SMARTS) is 1. The number of alkyl halides is 1. The van der Waals surface area contributed by atoms with Crippen LogP contribution in [0.15, 0.2) is 47.6 Å². The minimum Gasteiger partial charge on any atom is -0.493 e. The number of nitrogens with two attached hydrogens (primary N) is 1. The van der Waals surface area contributed by atoms with Gasteiger partial charge in [0.05, 0.1) is 30.3 Å². The average molecular weight is 745 g/mol. The number of ether oxygens (including phenoxy) is 2. The number of unbranched alkanes of at least 4 members (excludes halogenated alkanes) is 3. The van der Waals surface area contributed by atoms with Gasteiger partial charge < -0.3 is 20.3 Å². The normalized spacial score (nSPS) is 10.1. The number of halogens is 1. The van der Waals surface area contributed by atoms with Crippen molar-refractivity contribution in [3.05, 3.63) is 69.6 Å². The van der Waals surface area contributed by atoms with Crippen molar-refractivity contribution >= 4 is 37.8 Å². The van der Waals surface area contributed by atoms with Gasteiger partial charge in [0.25, 0.3) is 20.2 Å². The number of aromatic carboxylic acids is 1. The van der Waals surface area contributed by atoms with Crippen LogP contribution in [-0.2, 0) is 26.1 Å². The van der Waals surface area contributed by atoms with E-state index in [1.807, 2.05) is 24.3 Å². The Hall–Kier alpha value is -3.99. The smallest absolute Gasteiger partial charge is 0.335 e. The summed E-state index contributed by atoms with van der Waals surface area (Å²) in [6.07, 6.45) is 14.7. The standard InChI is InChI=1S/C14H20O10S2.C9H7Cl.C6H10.C3H8N4/c15-14(16)11-8-12(23-4-1-2-6-25(17,18)19)10-13(9-11)24-5-3-7-26(20,21)22;1-2-8-3-5-9(7-10)6-4-8;1-3-5-6-4-2;4-2-1-3-6-7-5/h8-10H,1-7H2,(H,15,16)(H,17,18,19)(H,20,21,22);1,3-6H,7H2;1H,4-6H2,2H3;1-4H2. The van der Waals surface area contributed by atoms with E-state index in [-0.39, 0.29) is 43.1 Å². The summed E-state index contributed by atoms with van der Waals surface area (Å²) in [4.78, 5) is 13.7. The molecule has 0 saturated heterocycles. The molecule has 0 unspecified atom stereocenters. The Kier molecular flexibility index (Phi) is 27.9. The van der Waals surface area contributed by atoms with Crippen LogP contribution in [0.1, 0.15) is 73.4 Å². The summed E-state index contributed by atoms with van der Waals surface area (Å²) in [5.41, 5.74) is 14.7. The molecular formula is C32H45ClN4O10S2. The molecule has 2 rings (SSSR count). The first kappa shape index (κ1) is 47.1. The average Bonchev–Trinajstić information content (AvgIpc) is 3.05. The Morgan fingerprint density at radius 1 is 0.939 bits per heavy atom. The maximum atomic E-state index is 11.1. The van der Waals surface area contributed by atoms with Gasteiger partial charge in [-0.3, -0.25) is 9.11 Å². The first-order valence-corrected chi connectivity index (χ1v) is 18.7. The van der Waals surface area contributed by atoms with Crippen molar-refractivity contribution in [2.45, 2.75) is 57.7 Å². The van der Waals surface area contributed by atoms with Gasteiger partial charge in [0, 0.05) is 35.4 Å². The van der Waals surface area contributed by atoms with Crippen LogP contribution in [0.25, 0.3) is 10.4 Å². The van der Waals surface area contributed by atoms with Crippen molar-refractivity contribution in [2.24, 2.45) is 10.8 Å². The molecule has 0 bridgehead atoms. The van der Waals surface area contributed by atoms with Crippen molar-refractivity contribution < 1.29 is 45.3 Å². The highest BCUT2D eigenvalue weighted by Gasteiger charge is 2.10. The van der Waals surface area contributed by atoms with E-state index in [2.05, 4.69) is 28.8 Å². The number of hydrogen-bond acceptors (Lipinski definition) is 9. The molecule has 2 aromatic rings. The van der Waals surface area contributed by atoms with Crippen LogP contribution in [0.3, 0.4) is 0 Å². The maximum Gasteiger partial charge on any atom is 0.335 e. The number of rotatable bonds is 18. The zero-order valence-corrected chi connectivity index (χ0v) is 29.8. The summed E-state index contributed by atoms with van der Waals surface area (Å²) < 4.78 is 70.3. The van der Waals surface area contributed by atoms with Gasteiger partial charge in [-0.15, -0.1) is 30.4 Å². The second-order valence-corrected chi connectivity index (χ2v) is 13.1. The lowest BCUT2D eigenvalue weighted by Gasteiger charge is -2.11. The minimum absolute atomic E-state index is 0.0158. The van der Waals surface area contributed by atoms with Crippen molar-refractivity contribution in [2.75, 3.05) is 37.8 Å². The second kappa shape index (κ2) is 29.0. The topological polar surface area (TPSA) is 239 Å². The quantitative estimate of drug-likeness (QED) is 0.0264. The predicted octanol–water partition coefficient (Wildman–Crippen LogP) is 5.95. The summed E-state index contributed by atoms with van der Waals surface area (Å²) in [6, 6.07) is 11.5. The molecule has 0 spiro atoms. The predicted molar refractivity (Wildman–Crippen MR) is 191 cm³/mol. The molecule has 2 aromatic carbocycles. The Labute approximate surface area is 294 Å². The molecule has 17 heteroatoms. The van der Waals surface area contributed by atoms with Crippen LogP contribution in [-0.4, -0.2) is 74.8 Å². The lowest BCUT2D eigenvalue weighted by atomic mass is 10.2. The van der Waals surface area contributed by atoms with Crippen molar-refractivity contribution in [3.63, 3.8) is 0 Å². The molecule has 0 aromatic heterocycles. The number of nitrogens with zero attached hydrogens (tertiary/aromatic N) is 3. The van der Waals surface area contributed by atoms with E-state index in [9.17, 15) is 21.6 Å². The lowest BCUT2D eigenvalue weighted by Crippen LogP contribution is -2.09. The molecule has 0 aliphatic heterocycles. The molecule has 14 nitrogen and oxygen atoms in total. The zero-order chi connectivity index (χ0) is 37.6. The zero-order valence-electron chi connectivity index (χ0n) is 27.4. The van der Waals surface area contributed by atoms with Gasteiger partial charge in [0.1, 0.15) is 11.5 Å². The van der Waals surface area contributed by atoms with Crippen LogP contribution in [0.2, 0.25) is 0 Å². The Balaban J connectivity index is 0. The summed E-state index contributed by atoms with van der Waals surface area (Å²) >= 11 is 5.57. The van der Waals surface area contributed by atoms with Gasteiger partial charge >= 0.3 is 5.97 Å². The lowest BCUT2D eigenvalue weighted by molar-refractivity contribution is 0.0695. The monoisotopic (exact) mass is 744 g/mol. The van der Waals surface area contributed by atoms with Crippen LogP contribution < -0.4 is 15.2 Å². The van der Waals surface area contributed by atoms with Gasteiger partial charge in [0.2, 0.25) is 0 Å². The fourth-order valence-corrected chi connectivity index (χ4v) is 4.28. The first-order valence-electron chi connectivity index (χ1n) is 15.0. The van der Waals surface area contributed by atoms with E-state index in [4.69, 9.17) is 59.4 Å². The molecule has 0 fully saturated rings. The third-order valence-electron chi connectivity index (χ3n) is 5.48. The molecule has 0 aliphatic carbocycles. The third-order valence-corrected chi connectivity index (χ3v) is 7.40. The molecule has 0 heterocycles. The van der Waals surface area contributed by atoms with Crippen LogP contribution in [0, 0.1) is 24.7 Å². The molecule has 0 amide bonds. The van der Waals surface area contributed by atoms with Crippen LogP contribution in [0.4, 0.5) is 0 Å². The van der Waals surface area contributed by atoms with Crippen LogP contribution >= 0.6 is 11.6 Å². The highest BCUT2D eigenvalue weighted by atomic mass is 35.5. The van der Waals surface area contributed by atoms with Gasteiger partial charge in [-0.25, -0.2) is 4.79 Å². The highest BCUT2D eigenvalue weighted by molar-refractivity contribution is 7.86. The summed E-state index contributed by atoms with van der Waals surface area (Å²) in [5.74, 6) is 3.88. The van der Waals surface area contributed by atoms with Gasteiger partial charge in [-0.05, 0) is 74.0 Å². The molecule has 5 N–H and O–H groups in total. The number of terminal acetylenes is 2. The molecule has 272 valence electrons. The molecular weight excluding hydrogens is 700 g/mol. The van der Waals surface area contributed by atoms with E-state index in [1.165, 1.54) is 31.0 Å². The number of carbonyl (C=O) groups is 1. The number of benzene rings is 2. The molecule has 0 atom stereocenters. The summed E-state index contributed by atoms with van der Waals surface area (Å²) in [5, 5.41) is 12.4. The fourth-order valence-electron chi connectivity index (χ4n) is 3.05. The van der Waals surface area contributed by atoms with Gasteiger partial charge in [-0.2, -0.15) is 16.8 Å². The van der Waals surface area contributed by atoms with Crippen LogP contribution in [0.5, 0.6) is 11.5 Å². The summed E-state index contributed by atoms with van der Waals surface area (Å²) in [6.45, 7) is 3.29. The molecule has 49 heavy (non-hydrogen) atoms. The fraction of sp³-hybridized carbons (Fsp3) is 0.469.